The molecule has 6 heteroatoms. The summed E-state index contributed by atoms with van der Waals surface area (Å²) in [5.74, 6) is 2.23. The van der Waals surface area contributed by atoms with Crippen molar-refractivity contribution in [2.75, 3.05) is 52.4 Å². The van der Waals surface area contributed by atoms with Gasteiger partial charge in [-0.05, 0) is 30.3 Å². The van der Waals surface area contributed by atoms with Gasteiger partial charge in [0.15, 0.2) is 11.5 Å². The van der Waals surface area contributed by atoms with Gasteiger partial charge in [0.25, 0.3) is 0 Å². The Morgan fingerprint density at radius 3 is 1.96 bits per heavy atom. The first kappa shape index (κ1) is 18.7. The standard InChI is InChI=1S/C20H25ClN2O3/c1-24-18-13-20(26-3)19(25-2)12-15(18)14-22-8-10-23(11-9-22)17-6-4-16(21)5-7-17/h4-7,12-13H,8-11,14H2,1-3H3. The fraction of sp³-hybridized carbons (Fsp3) is 0.400. The third kappa shape index (κ3) is 4.17. The molecule has 5 nitrogen and oxygen atoms in total. The summed E-state index contributed by atoms with van der Waals surface area (Å²) < 4.78 is 16.3. The largest absolute Gasteiger partial charge is 0.496 e. The van der Waals surface area contributed by atoms with Crippen LogP contribution in [-0.4, -0.2) is 52.4 Å². The van der Waals surface area contributed by atoms with Crippen LogP contribution in [0.3, 0.4) is 0 Å². The molecule has 0 amide bonds. The zero-order valence-electron chi connectivity index (χ0n) is 15.5. The molecule has 0 aliphatic carbocycles. The second-order valence-electron chi connectivity index (χ2n) is 6.26. The highest BCUT2D eigenvalue weighted by Crippen LogP contribution is 2.35. The van der Waals surface area contributed by atoms with E-state index >= 15 is 0 Å². The molecule has 0 unspecified atom stereocenters. The topological polar surface area (TPSA) is 34.2 Å². The van der Waals surface area contributed by atoms with Crippen molar-refractivity contribution >= 4 is 17.3 Å². The fourth-order valence-corrected chi connectivity index (χ4v) is 3.40. The van der Waals surface area contributed by atoms with E-state index in [0.29, 0.717) is 5.75 Å². The summed E-state index contributed by atoms with van der Waals surface area (Å²) in [4.78, 5) is 4.81. The van der Waals surface area contributed by atoms with Gasteiger partial charge in [0.2, 0.25) is 0 Å². The molecule has 1 heterocycles. The van der Waals surface area contributed by atoms with Gasteiger partial charge in [-0.1, -0.05) is 11.6 Å². The van der Waals surface area contributed by atoms with Gasteiger partial charge in [0.05, 0.1) is 21.3 Å². The third-order valence-electron chi connectivity index (χ3n) is 4.74. The summed E-state index contributed by atoms with van der Waals surface area (Å²) in [6.07, 6.45) is 0. The number of methoxy groups -OCH3 is 3. The summed E-state index contributed by atoms with van der Waals surface area (Å²) in [6, 6.07) is 11.9. The van der Waals surface area contributed by atoms with Gasteiger partial charge in [-0.15, -0.1) is 0 Å². The molecule has 26 heavy (non-hydrogen) atoms. The molecule has 1 saturated heterocycles. The minimum Gasteiger partial charge on any atom is -0.496 e. The van der Waals surface area contributed by atoms with Crippen molar-refractivity contribution in [2.24, 2.45) is 0 Å². The van der Waals surface area contributed by atoms with Crippen LogP contribution in [-0.2, 0) is 6.54 Å². The minimum absolute atomic E-state index is 0.681. The van der Waals surface area contributed by atoms with Crippen LogP contribution in [0, 0.1) is 0 Å². The van der Waals surface area contributed by atoms with Crippen molar-refractivity contribution in [3.63, 3.8) is 0 Å². The zero-order chi connectivity index (χ0) is 18.5. The molecule has 1 aliphatic heterocycles. The first-order valence-corrected chi connectivity index (χ1v) is 9.04. The van der Waals surface area contributed by atoms with Crippen LogP contribution in [0.4, 0.5) is 5.69 Å². The molecule has 0 bridgehead atoms. The van der Waals surface area contributed by atoms with Crippen LogP contribution in [0.1, 0.15) is 5.56 Å². The number of anilines is 1. The van der Waals surface area contributed by atoms with E-state index in [1.165, 1.54) is 5.69 Å². The zero-order valence-corrected chi connectivity index (χ0v) is 16.3. The second kappa shape index (κ2) is 8.52. The molecule has 0 saturated carbocycles. The van der Waals surface area contributed by atoms with Gasteiger partial charge < -0.3 is 19.1 Å². The Balaban J connectivity index is 1.66. The van der Waals surface area contributed by atoms with E-state index in [1.54, 1.807) is 21.3 Å². The predicted molar refractivity (Wildman–Crippen MR) is 105 cm³/mol. The van der Waals surface area contributed by atoms with Crippen LogP contribution < -0.4 is 19.1 Å². The van der Waals surface area contributed by atoms with E-state index in [0.717, 1.165) is 54.8 Å². The maximum atomic E-state index is 5.98. The molecule has 1 aliphatic rings. The number of nitrogens with zero attached hydrogens (tertiary/aromatic N) is 2. The smallest absolute Gasteiger partial charge is 0.164 e. The number of benzene rings is 2. The maximum Gasteiger partial charge on any atom is 0.164 e. The van der Waals surface area contributed by atoms with Crippen molar-refractivity contribution in [2.45, 2.75) is 6.54 Å². The molecule has 0 atom stereocenters. The summed E-state index contributed by atoms with van der Waals surface area (Å²) in [5, 5.41) is 0.771. The van der Waals surface area contributed by atoms with E-state index < -0.39 is 0 Å². The second-order valence-corrected chi connectivity index (χ2v) is 6.70. The lowest BCUT2D eigenvalue weighted by molar-refractivity contribution is 0.245. The van der Waals surface area contributed by atoms with Gasteiger partial charge in [0, 0.05) is 55.1 Å². The van der Waals surface area contributed by atoms with Crippen molar-refractivity contribution in [3.8, 4) is 17.2 Å². The minimum atomic E-state index is 0.681. The van der Waals surface area contributed by atoms with Crippen molar-refractivity contribution in [1.29, 1.82) is 0 Å². The SMILES string of the molecule is COc1cc(OC)c(OC)cc1CN1CCN(c2ccc(Cl)cc2)CC1. The molecule has 0 aromatic heterocycles. The van der Waals surface area contributed by atoms with E-state index in [-0.39, 0.29) is 0 Å². The average Bonchev–Trinajstić information content (AvgIpc) is 2.69. The van der Waals surface area contributed by atoms with Crippen LogP contribution in [0.15, 0.2) is 36.4 Å². The Kier molecular flexibility index (Phi) is 6.12. The monoisotopic (exact) mass is 376 g/mol. The van der Waals surface area contributed by atoms with Crippen LogP contribution in [0.25, 0.3) is 0 Å². The number of hydrogen-bond acceptors (Lipinski definition) is 5. The molecule has 3 rings (SSSR count). The quantitative estimate of drug-likeness (QED) is 0.768. The number of ether oxygens (including phenoxy) is 3. The molecule has 2 aromatic rings. The van der Waals surface area contributed by atoms with E-state index in [4.69, 9.17) is 25.8 Å². The molecule has 0 N–H and O–H groups in total. The summed E-state index contributed by atoms with van der Waals surface area (Å²) in [5.41, 5.74) is 2.32. The van der Waals surface area contributed by atoms with Crippen LogP contribution >= 0.6 is 11.6 Å². The Bertz CT molecular complexity index is 729. The van der Waals surface area contributed by atoms with E-state index in [9.17, 15) is 0 Å². The lowest BCUT2D eigenvalue weighted by Gasteiger charge is -2.36. The van der Waals surface area contributed by atoms with Gasteiger partial charge in [-0.2, -0.15) is 0 Å². The van der Waals surface area contributed by atoms with Crippen molar-refractivity contribution in [3.05, 3.63) is 47.0 Å². The average molecular weight is 377 g/mol. The highest BCUT2D eigenvalue weighted by Gasteiger charge is 2.20. The number of rotatable bonds is 6. The van der Waals surface area contributed by atoms with Crippen molar-refractivity contribution in [1.82, 2.24) is 4.90 Å². The Hall–Kier alpha value is -2.11. The summed E-state index contributed by atoms with van der Waals surface area (Å²) in [6.45, 7) is 4.76. The van der Waals surface area contributed by atoms with E-state index in [1.807, 2.05) is 24.3 Å². The molecular weight excluding hydrogens is 352 g/mol. The first-order valence-electron chi connectivity index (χ1n) is 8.66. The van der Waals surface area contributed by atoms with Gasteiger partial charge in [0.1, 0.15) is 5.75 Å². The predicted octanol–water partition coefficient (Wildman–Crippen LogP) is 3.69. The molecule has 2 aromatic carbocycles. The molecular formula is C20H25ClN2O3. The van der Waals surface area contributed by atoms with Crippen molar-refractivity contribution < 1.29 is 14.2 Å². The number of piperazine rings is 1. The normalized spacial score (nSPS) is 15.0. The van der Waals surface area contributed by atoms with Crippen LogP contribution in [0.5, 0.6) is 17.2 Å². The Morgan fingerprint density at radius 2 is 1.38 bits per heavy atom. The van der Waals surface area contributed by atoms with Gasteiger partial charge in [-0.3, -0.25) is 4.90 Å². The van der Waals surface area contributed by atoms with Gasteiger partial charge >= 0.3 is 0 Å². The Labute approximate surface area is 160 Å². The molecule has 0 spiro atoms. The van der Waals surface area contributed by atoms with E-state index in [2.05, 4.69) is 21.9 Å². The fourth-order valence-electron chi connectivity index (χ4n) is 3.27. The molecule has 0 radical (unpaired) electrons. The highest BCUT2D eigenvalue weighted by molar-refractivity contribution is 6.30. The van der Waals surface area contributed by atoms with Crippen LogP contribution in [0.2, 0.25) is 5.02 Å². The summed E-state index contributed by atoms with van der Waals surface area (Å²) in [7, 11) is 4.97. The highest BCUT2D eigenvalue weighted by atomic mass is 35.5. The lowest BCUT2D eigenvalue weighted by atomic mass is 10.1. The Morgan fingerprint density at radius 1 is 0.808 bits per heavy atom. The third-order valence-corrected chi connectivity index (χ3v) is 5.00. The lowest BCUT2D eigenvalue weighted by Crippen LogP contribution is -2.46. The summed E-state index contributed by atoms with van der Waals surface area (Å²) >= 11 is 5.98. The maximum absolute atomic E-state index is 5.98. The molecule has 1 fully saturated rings. The first-order chi connectivity index (χ1) is 12.6. The van der Waals surface area contributed by atoms with Gasteiger partial charge in [-0.25, -0.2) is 0 Å². The number of hydrogen-bond donors (Lipinski definition) is 0. The molecule has 140 valence electrons. The number of halogens is 1.